The Morgan fingerprint density at radius 2 is 2.12 bits per heavy atom. The predicted octanol–water partition coefficient (Wildman–Crippen LogP) is 3.49. The van der Waals surface area contributed by atoms with Gasteiger partial charge in [0.15, 0.2) is 6.61 Å². The standard InChI is InChI=1S/C15H20ClF3N4O3/c1-14(2,3)26-13(24)23-5-4-9(7-23)21-12-20-6-10(16)11(22-12)25-8-15(17,18)19/h6,9H,4-5,7-8H2,1-3H3,(H,20,21,22)/t9-/m1/s1. The lowest BCUT2D eigenvalue weighted by Gasteiger charge is -2.24. The summed E-state index contributed by atoms with van der Waals surface area (Å²) in [5.74, 6) is -0.286. The topological polar surface area (TPSA) is 76.6 Å². The van der Waals surface area contributed by atoms with E-state index in [1.54, 1.807) is 25.7 Å². The van der Waals surface area contributed by atoms with Gasteiger partial charge >= 0.3 is 12.3 Å². The monoisotopic (exact) mass is 396 g/mol. The van der Waals surface area contributed by atoms with E-state index in [-0.39, 0.29) is 22.9 Å². The first kappa shape index (κ1) is 20.3. The molecule has 146 valence electrons. The summed E-state index contributed by atoms with van der Waals surface area (Å²) in [5.41, 5.74) is -0.591. The molecule has 1 N–H and O–H groups in total. The average molecular weight is 397 g/mol. The molecular formula is C15H20ClF3N4O3. The fraction of sp³-hybridized carbons (Fsp3) is 0.667. The van der Waals surface area contributed by atoms with Crippen LogP contribution in [0.3, 0.4) is 0 Å². The smallest absolute Gasteiger partial charge is 0.422 e. The number of rotatable bonds is 4. The highest BCUT2D eigenvalue weighted by atomic mass is 35.5. The molecule has 0 aromatic carbocycles. The summed E-state index contributed by atoms with van der Waals surface area (Å²) in [6.07, 6.45) is -3.15. The molecule has 1 aromatic heterocycles. The zero-order chi connectivity index (χ0) is 19.5. The van der Waals surface area contributed by atoms with Crippen molar-refractivity contribution in [3.8, 4) is 5.88 Å². The van der Waals surface area contributed by atoms with Crippen LogP contribution in [0.4, 0.5) is 23.9 Å². The lowest BCUT2D eigenvalue weighted by molar-refractivity contribution is -0.154. The maximum Gasteiger partial charge on any atom is 0.422 e. The third-order valence-corrected chi connectivity index (χ3v) is 3.52. The number of likely N-dealkylation sites (tertiary alicyclic amines) is 1. The molecule has 0 bridgehead atoms. The van der Waals surface area contributed by atoms with Crippen LogP contribution < -0.4 is 10.1 Å². The molecule has 2 heterocycles. The van der Waals surface area contributed by atoms with Gasteiger partial charge in [0, 0.05) is 19.1 Å². The molecule has 0 spiro atoms. The lowest BCUT2D eigenvalue weighted by atomic mass is 10.2. The molecule has 7 nitrogen and oxygen atoms in total. The highest BCUT2D eigenvalue weighted by molar-refractivity contribution is 6.31. The van der Waals surface area contributed by atoms with Crippen LogP contribution >= 0.6 is 11.6 Å². The Labute approximate surface area is 153 Å². The highest BCUT2D eigenvalue weighted by Crippen LogP contribution is 2.25. The summed E-state index contributed by atoms with van der Waals surface area (Å²) in [7, 11) is 0. The zero-order valence-electron chi connectivity index (χ0n) is 14.6. The van der Waals surface area contributed by atoms with Crippen molar-refractivity contribution in [2.75, 3.05) is 25.0 Å². The van der Waals surface area contributed by atoms with Crippen molar-refractivity contribution >= 4 is 23.6 Å². The van der Waals surface area contributed by atoms with Crippen LogP contribution in [0.25, 0.3) is 0 Å². The molecule has 2 rings (SSSR count). The third kappa shape index (κ3) is 6.40. The normalized spacial score (nSPS) is 18.0. The number of hydrogen-bond donors (Lipinski definition) is 1. The molecule has 0 unspecified atom stereocenters. The second kappa shape index (κ2) is 7.73. The van der Waals surface area contributed by atoms with E-state index in [1.807, 2.05) is 0 Å². The SMILES string of the molecule is CC(C)(C)OC(=O)N1CC[C@@H](Nc2ncc(Cl)c(OCC(F)(F)F)n2)C1. The summed E-state index contributed by atoms with van der Waals surface area (Å²) in [4.78, 5) is 21.4. The Bertz CT molecular complexity index is 652. The van der Waals surface area contributed by atoms with Gasteiger partial charge in [-0.25, -0.2) is 9.78 Å². The zero-order valence-corrected chi connectivity index (χ0v) is 15.3. The molecule has 1 aliphatic rings. The Kier molecular flexibility index (Phi) is 6.05. The number of hydrogen-bond acceptors (Lipinski definition) is 6. The minimum Gasteiger partial charge on any atom is -0.467 e. The molecule has 0 saturated carbocycles. The number of carbonyl (C=O) groups is 1. The summed E-state index contributed by atoms with van der Waals surface area (Å²) in [6.45, 7) is 4.68. The van der Waals surface area contributed by atoms with Crippen LogP contribution in [0.1, 0.15) is 27.2 Å². The Morgan fingerprint density at radius 3 is 2.73 bits per heavy atom. The molecule has 1 aliphatic heterocycles. The minimum absolute atomic E-state index is 0.0719. The van der Waals surface area contributed by atoms with E-state index in [0.29, 0.717) is 19.5 Å². The Balaban J connectivity index is 1.94. The molecule has 1 amide bonds. The van der Waals surface area contributed by atoms with Crippen molar-refractivity contribution in [1.82, 2.24) is 14.9 Å². The lowest BCUT2D eigenvalue weighted by Crippen LogP contribution is -2.36. The molecular weight excluding hydrogens is 377 g/mol. The van der Waals surface area contributed by atoms with Crippen molar-refractivity contribution in [1.29, 1.82) is 0 Å². The Hall–Kier alpha value is -1.97. The number of nitrogens with zero attached hydrogens (tertiary/aromatic N) is 3. The van der Waals surface area contributed by atoms with E-state index in [0.717, 1.165) is 6.20 Å². The van der Waals surface area contributed by atoms with Gasteiger partial charge in [0.1, 0.15) is 10.6 Å². The quantitative estimate of drug-likeness (QED) is 0.839. The second-order valence-electron chi connectivity index (χ2n) is 6.81. The first-order chi connectivity index (χ1) is 11.9. The van der Waals surface area contributed by atoms with E-state index in [4.69, 9.17) is 16.3 Å². The molecule has 1 aromatic rings. The maximum atomic E-state index is 12.3. The molecule has 0 aliphatic carbocycles. The summed E-state index contributed by atoms with van der Waals surface area (Å²) < 4.78 is 46.7. The van der Waals surface area contributed by atoms with E-state index in [9.17, 15) is 18.0 Å². The fourth-order valence-corrected chi connectivity index (χ4v) is 2.37. The predicted molar refractivity (Wildman–Crippen MR) is 88.4 cm³/mol. The summed E-state index contributed by atoms with van der Waals surface area (Å²) in [6, 6.07) is -0.167. The fourth-order valence-electron chi connectivity index (χ4n) is 2.23. The number of amides is 1. The number of aromatic nitrogens is 2. The van der Waals surface area contributed by atoms with Gasteiger partial charge in [0.2, 0.25) is 11.8 Å². The van der Waals surface area contributed by atoms with Gasteiger partial charge < -0.3 is 19.7 Å². The maximum absolute atomic E-state index is 12.3. The second-order valence-corrected chi connectivity index (χ2v) is 7.21. The third-order valence-electron chi connectivity index (χ3n) is 3.26. The number of carbonyl (C=O) groups excluding carboxylic acids is 1. The first-order valence-corrected chi connectivity index (χ1v) is 8.27. The highest BCUT2D eigenvalue weighted by Gasteiger charge is 2.31. The van der Waals surface area contributed by atoms with Gasteiger partial charge in [-0.3, -0.25) is 0 Å². The van der Waals surface area contributed by atoms with Crippen molar-refractivity contribution < 1.29 is 27.4 Å². The van der Waals surface area contributed by atoms with Gasteiger partial charge in [0.25, 0.3) is 0 Å². The van der Waals surface area contributed by atoms with E-state index in [2.05, 4.69) is 20.0 Å². The molecule has 1 atom stereocenters. The van der Waals surface area contributed by atoms with Crippen LogP contribution in [-0.2, 0) is 4.74 Å². The van der Waals surface area contributed by atoms with Crippen LogP contribution in [-0.4, -0.2) is 58.5 Å². The molecule has 11 heteroatoms. The average Bonchev–Trinajstić information content (AvgIpc) is 2.94. The van der Waals surface area contributed by atoms with Crippen LogP contribution in [0.5, 0.6) is 5.88 Å². The molecule has 1 saturated heterocycles. The summed E-state index contributed by atoms with van der Waals surface area (Å²) >= 11 is 5.75. The summed E-state index contributed by atoms with van der Waals surface area (Å²) in [5, 5.41) is 2.84. The van der Waals surface area contributed by atoms with Crippen LogP contribution in [0.2, 0.25) is 5.02 Å². The number of halogens is 4. The van der Waals surface area contributed by atoms with Crippen molar-refractivity contribution in [2.45, 2.75) is 45.0 Å². The van der Waals surface area contributed by atoms with Gasteiger partial charge in [-0.1, -0.05) is 11.6 Å². The van der Waals surface area contributed by atoms with Crippen LogP contribution in [0.15, 0.2) is 6.20 Å². The van der Waals surface area contributed by atoms with Gasteiger partial charge in [-0.05, 0) is 27.2 Å². The van der Waals surface area contributed by atoms with Gasteiger partial charge in [-0.15, -0.1) is 0 Å². The van der Waals surface area contributed by atoms with Crippen molar-refractivity contribution in [3.63, 3.8) is 0 Å². The number of nitrogens with one attached hydrogen (secondary N) is 1. The van der Waals surface area contributed by atoms with Crippen LogP contribution in [0, 0.1) is 0 Å². The minimum atomic E-state index is -4.50. The molecule has 0 radical (unpaired) electrons. The number of ether oxygens (including phenoxy) is 2. The van der Waals surface area contributed by atoms with Crippen molar-refractivity contribution in [3.05, 3.63) is 11.2 Å². The van der Waals surface area contributed by atoms with Gasteiger partial charge in [0.05, 0.1) is 6.20 Å². The number of alkyl halides is 3. The van der Waals surface area contributed by atoms with E-state index < -0.39 is 24.5 Å². The number of anilines is 1. The Morgan fingerprint density at radius 1 is 1.42 bits per heavy atom. The molecule has 1 fully saturated rings. The molecule has 26 heavy (non-hydrogen) atoms. The van der Waals surface area contributed by atoms with Crippen molar-refractivity contribution in [2.24, 2.45) is 0 Å². The van der Waals surface area contributed by atoms with Gasteiger partial charge in [-0.2, -0.15) is 18.2 Å². The van der Waals surface area contributed by atoms with E-state index in [1.165, 1.54) is 0 Å². The first-order valence-electron chi connectivity index (χ1n) is 7.89. The largest absolute Gasteiger partial charge is 0.467 e. The van der Waals surface area contributed by atoms with E-state index >= 15 is 0 Å².